The van der Waals surface area contributed by atoms with Crippen LogP contribution >= 0.6 is 0 Å². The number of aromatic nitrogens is 3. The number of rotatable bonds is 7. The first-order valence-corrected chi connectivity index (χ1v) is 14.3. The maximum atomic E-state index is 12.8. The molecule has 4 heterocycles. The van der Waals surface area contributed by atoms with E-state index >= 15 is 0 Å². The number of aliphatic hydroxyl groups is 1. The van der Waals surface area contributed by atoms with Crippen LogP contribution in [0.1, 0.15) is 64.3 Å². The molecule has 2 N–H and O–H groups in total. The van der Waals surface area contributed by atoms with E-state index in [1.807, 2.05) is 0 Å². The first-order valence-electron chi connectivity index (χ1n) is 12.7. The highest BCUT2D eigenvalue weighted by Gasteiger charge is 2.39. The molecule has 35 heavy (non-hydrogen) atoms. The van der Waals surface area contributed by atoms with E-state index in [2.05, 4.69) is 15.3 Å². The van der Waals surface area contributed by atoms with Crippen molar-refractivity contribution in [2.75, 3.05) is 30.8 Å². The van der Waals surface area contributed by atoms with Gasteiger partial charge in [-0.15, -0.1) is 0 Å². The van der Waals surface area contributed by atoms with Crippen molar-refractivity contribution in [2.45, 2.75) is 82.1 Å². The molecule has 0 aromatic carbocycles. The lowest BCUT2D eigenvalue weighted by atomic mass is 10.00. The van der Waals surface area contributed by atoms with E-state index in [1.54, 1.807) is 28.1 Å². The van der Waals surface area contributed by atoms with Crippen molar-refractivity contribution in [3.63, 3.8) is 0 Å². The fourth-order valence-corrected chi connectivity index (χ4v) is 7.28. The maximum Gasteiger partial charge on any atom is 0.252 e. The van der Waals surface area contributed by atoms with E-state index in [4.69, 9.17) is 4.74 Å². The third kappa shape index (κ3) is 5.23. The Bertz CT molecular complexity index is 1220. The van der Waals surface area contributed by atoms with Crippen LogP contribution in [0.25, 0.3) is 11.0 Å². The van der Waals surface area contributed by atoms with Gasteiger partial charge in [0.05, 0.1) is 23.5 Å². The topological polar surface area (TPSA) is 127 Å². The SMILES string of the molecule is C[C@@]1(O)CCCC1n1c(=O)ccc2cnc(NC3CCN(S(=O)(=O)CC[C@H]4CCCO4)CC3)nc21. The van der Waals surface area contributed by atoms with E-state index < -0.39 is 15.6 Å². The normalized spacial score (nSPS) is 28.6. The number of nitrogens with one attached hydrogen (secondary N) is 1. The molecule has 1 saturated carbocycles. The Labute approximate surface area is 205 Å². The molecule has 3 fully saturated rings. The Balaban J connectivity index is 1.26. The molecule has 1 aliphatic carbocycles. The first-order chi connectivity index (χ1) is 16.7. The molecule has 5 rings (SSSR count). The van der Waals surface area contributed by atoms with Gasteiger partial charge in [-0.2, -0.15) is 4.98 Å². The molecule has 2 saturated heterocycles. The summed E-state index contributed by atoms with van der Waals surface area (Å²) in [6.45, 7) is 3.41. The molecule has 2 aromatic rings. The van der Waals surface area contributed by atoms with E-state index in [1.165, 1.54) is 6.07 Å². The summed E-state index contributed by atoms with van der Waals surface area (Å²) in [5, 5.41) is 14.9. The van der Waals surface area contributed by atoms with Gasteiger partial charge in [-0.05, 0) is 64.4 Å². The van der Waals surface area contributed by atoms with Crippen molar-refractivity contribution >= 4 is 27.0 Å². The zero-order valence-corrected chi connectivity index (χ0v) is 21.0. The molecular weight excluding hydrogens is 470 g/mol. The fraction of sp³-hybridized carbons (Fsp3) is 0.708. The van der Waals surface area contributed by atoms with E-state index in [0.29, 0.717) is 50.4 Å². The molecule has 3 atom stereocenters. The van der Waals surface area contributed by atoms with Gasteiger partial charge in [-0.3, -0.25) is 9.36 Å². The Morgan fingerprint density at radius 1 is 1.20 bits per heavy atom. The lowest BCUT2D eigenvalue weighted by Gasteiger charge is -2.32. The summed E-state index contributed by atoms with van der Waals surface area (Å²) in [5.74, 6) is 0.542. The molecule has 0 spiro atoms. The molecule has 2 aromatic heterocycles. The van der Waals surface area contributed by atoms with Crippen molar-refractivity contribution in [1.82, 2.24) is 18.8 Å². The number of nitrogens with zero attached hydrogens (tertiary/aromatic N) is 4. The fourth-order valence-electron chi connectivity index (χ4n) is 5.69. The van der Waals surface area contributed by atoms with E-state index in [-0.39, 0.29) is 29.5 Å². The van der Waals surface area contributed by atoms with Gasteiger partial charge in [0, 0.05) is 43.4 Å². The Morgan fingerprint density at radius 2 is 2.00 bits per heavy atom. The van der Waals surface area contributed by atoms with Crippen LogP contribution in [0.4, 0.5) is 5.95 Å². The Kier molecular flexibility index (Phi) is 6.86. The Hall–Kier alpha value is -2.08. The van der Waals surface area contributed by atoms with Crippen LogP contribution in [0, 0.1) is 0 Å². The molecule has 192 valence electrons. The quantitative estimate of drug-likeness (QED) is 0.585. The van der Waals surface area contributed by atoms with E-state index in [9.17, 15) is 18.3 Å². The first kappa shape index (κ1) is 24.6. The number of anilines is 1. The lowest BCUT2D eigenvalue weighted by Crippen LogP contribution is -2.43. The minimum absolute atomic E-state index is 0.0375. The number of pyridine rings is 1. The minimum atomic E-state index is -3.29. The molecule has 1 unspecified atom stereocenters. The summed E-state index contributed by atoms with van der Waals surface area (Å²) in [7, 11) is -3.29. The number of ether oxygens (including phenoxy) is 1. The number of fused-ring (bicyclic) bond motifs is 1. The zero-order chi connectivity index (χ0) is 24.6. The average molecular weight is 506 g/mol. The third-order valence-electron chi connectivity index (χ3n) is 7.76. The van der Waals surface area contributed by atoms with Crippen molar-refractivity contribution in [2.24, 2.45) is 0 Å². The smallest absolute Gasteiger partial charge is 0.252 e. The largest absolute Gasteiger partial charge is 0.388 e. The number of piperidine rings is 1. The lowest BCUT2D eigenvalue weighted by molar-refractivity contribution is 0.0267. The summed E-state index contributed by atoms with van der Waals surface area (Å²) in [4.78, 5) is 21.9. The second-order valence-electron chi connectivity index (χ2n) is 10.3. The van der Waals surface area contributed by atoms with Gasteiger partial charge in [-0.25, -0.2) is 17.7 Å². The maximum absolute atomic E-state index is 12.8. The molecule has 0 bridgehead atoms. The van der Waals surface area contributed by atoms with Gasteiger partial charge >= 0.3 is 0 Å². The third-order valence-corrected chi connectivity index (χ3v) is 9.66. The number of hydrogen-bond acceptors (Lipinski definition) is 8. The highest BCUT2D eigenvalue weighted by Crippen LogP contribution is 2.39. The highest BCUT2D eigenvalue weighted by atomic mass is 32.2. The molecule has 0 radical (unpaired) electrons. The molecule has 0 amide bonds. The molecule has 11 heteroatoms. The standard InChI is InChI=1S/C24H35N5O5S/c1-24(31)11-2-5-20(24)29-21(30)7-6-17-16-25-23(27-22(17)29)26-18-8-12-28(13-9-18)35(32,33)15-10-19-4-3-14-34-19/h6-7,16,18-20,31H,2-5,8-15H2,1H3,(H,25,26,27)/t19-,20?,24-/m1/s1. The summed E-state index contributed by atoms with van der Waals surface area (Å²) >= 11 is 0. The second-order valence-corrected chi connectivity index (χ2v) is 12.4. The van der Waals surface area contributed by atoms with Crippen molar-refractivity contribution in [3.8, 4) is 0 Å². The van der Waals surface area contributed by atoms with Crippen LogP contribution in [-0.4, -0.2) is 75.6 Å². The Morgan fingerprint density at radius 3 is 2.69 bits per heavy atom. The van der Waals surface area contributed by atoms with Crippen LogP contribution in [-0.2, 0) is 14.8 Å². The summed E-state index contributed by atoms with van der Waals surface area (Å²) < 4.78 is 34.3. The summed E-state index contributed by atoms with van der Waals surface area (Å²) in [6, 6.07) is 2.92. The molecule has 10 nitrogen and oxygen atoms in total. The number of hydrogen-bond donors (Lipinski definition) is 2. The molecule has 2 aliphatic heterocycles. The van der Waals surface area contributed by atoms with Crippen molar-refractivity contribution in [1.29, 1.82) is 0 Å². The van der Waals surface area contributed by atoms with Crippen LogP contribution in [0.5, 0.6) is 0 Å². The summed E-state index contributed by atoms with van der Waals surface area (Å²) in [6.07, 6.45) is 7.79. The predicted molar refractivity (Wildman–Crippen MR) is 133 cm³/mol. The zero-order valence-electron chi connectivity index (χ0n) is 20.2. The van der Waals surface area contributed by atoms with Gasteiger partial charge < -0.3 is 15.2 Å². The number of sulfonamides is 1. The van der Waals surface area contributed by atoms with Gasteiger partial charge in [0.15, 0.2) is 0 Å². The van der Waals surface area contributed by atoms with Gasteiger partial charge in [0.25, 0.3) is 5.56 Å². The summed E-state index contributed by atoms with van der Waals surface area (Å²) in [5.41, 5.74) is -0.633. The van der Waals surface area contributed by atoms with Crippen LogP contribution < -0.4 is 10.9 Å². The van der Waals surface area contributed by atoms with Crippen LogP contribution in [0.3, 0.4) is 0 Å². The van der Waals surface area contributed by atoms with Crippen molar-refractivity contribution in [3.05, 3.63) is 28.7 Å². The predicted octanol–water partition coefficient (Wildman–Crippen LogP) is 2.04. The van der Waals surface area contributed by atoms with Crippen LogP contribution in [0.15, 0.2) is 23.1 Å². The van der Waals surface area contributed by atoms with Gasteiger partial charge in [0.1, 0.15) is 5.65 Å². The average Bonchev–Trinajstić information content (AvgIpc) is 3.47. The van der Waals surface area contributed by atoms with Crippen LogP contribution in [0.2, 0.25) is 0 Å². The van der Waals surface area contributed by atoms with Crippen molar-refractivity contribution < 1.29 is 18.3 Å². The minimum Gasteiger partial charge on any atom is -0.388 e. The highest BCUT2D eigenvalue weighted by molar-refractivity contribution is 7.89. The molecule has 3 aliphatic rings. The van der Waals surface area contributed by atoms with E-state index in [0.717, 1.165) is 37.7 Å². The van der Waals surface area contributed by atoms with Gasteiger partial charge in [0.2, 0.25) is 16.0 Å². The second kappa shape index (κ2) is 9.76. The van der Waals surface area contributed by atoms with Gasteiger partial charge in [-0.1, -0.05) is 0 Å². The molecular formula is C24H35N5O5S. The monoisotopic (exact) mass is 505 g/mol.